The maximum atomic E-state index is 12.3. The summed E-state index contributed by atoms with van der Waals surface area (Å²) >= 11 is 0. The van der Waals surface area contributed by atoms with Crippen LogP contribution in [0.1, 0.15) is 25.3 Å². The van der Waals surface area contributed by atoms with Gasteiger partial charge in [0.25, 0.3) is 0 Å². The summed E-state index contributed by atoms with van der Waals surface area (Å²) in [4.78, 5) is 25.2. The van der Waals surface area contributed by atoms with Gasteiger partial charge in [-0.1, -0.05) is 12.1 Å². The van der Waals surface area contributed by atoms with Gasteiger partial charge in [0.1, 0.15) is 5.75 Å². The van der Waals surface area contributed by atoms with Crippen molar-refractivity contribution >= 4 is 11.8 Å². The lowest BCUT2D eigenvalue weighted by molar-refractivity contribution is -0.136. The summed E-state index contributed by atoms with van der Waals surface area (Å²) in [6, 6.07) is 7.77. The normalized spacial score (nSPS) is 18.0. The molecule has 1 aromatic rings. The molecular formula is C16H22N2O3. The smallest absolute Gasteiger partial charge is 0.227 e. The highest BCUT2D eigenvalue weighted by atomic mass is 16.5. The van der Waals surface area contributed by atoms with Crippen molar-refractivity contribution in [2.24, 2.45) is 5.92 Å². The monoisotopic (exact) mass is 290 g/mol. The highest BCUT2D eigenvalue weighted by Gasteiger charge is 2.26. The minimum atomic E-state index is -0.101. The predicted octanol–water partition coefficient (Wildman–Crippen LogP) is 1.57. The molecule has 0 radical (unpaired) electrons. The van der Waals surface area contributed by atoms with Gasteiger partial charge in [-0.05, 0) is 31.0 Å². The van der Waals surface area contributed by atoms with Gasteiger partial charge in [-0.15, -0.1) is 0 Å². The molecule has 0 aliphatic carbocycles. The third-order valence-electron chi connectivity index (χ3n) is 3.65. The number of rotatable bonds is 5. The number of hydrogen-bond acceptors (Lipinski definition) is 3. The number of carbonyl (C=O) groups is 2. The Bertz CT molecular complexity index is 489. The Morgan fingerprint density at radius 1 is 1.38 bits per heavy atom. The van der Waals surface area contributed by atoms with E-state index < -0.39 is 0 Å². The molecule has 0 aromatic heterocycles. The number of nitrogens with one attached hydrogen (secondary N) is 1. The lowest BCUT2D eigenvalue weighted by Gasteiger charge is -2.26. The van der Waals surface area contributed by atoms with Crippen molar-refractivity contribution in [1.29, 1.82) is 0 Å². The Morgan fingerprint density at radius 2 is 2.10 bits per heavy atom. The van der Waals surface area contributed by atoms with E-state index in [0.29, 0.717) is 32.5 Å². The van der Waals surface area contributed by atoms with Gasteiger partial charge in [0.05, 0.1) is 12.5 Å². The molecule has 1 saturated heterocycles. The summed E-state index contributed by atoms with van der Waals surface area (Å²) in [6.45, 7) is 3.61. The predicted molar refractivity (Wildman–Crippen MR) is 79.8 cm³/mol. The number of piperidine rings is 1. The first-order valence-corrected chi connectivity index (χ1v) is 7.33. The molecule has 1 aromatic carbocycles. The van der Waals surface area contributed by atoms with Gasteiger partial charge in [-0.3, -0.25) is 9.59 Å². The molecule has 1 unspecified atom stereocenters. The summed E-state index contributed by atoms with van der Waals surface area (Å²) in [6.07, 6.45) is 1.07. The van der Waals surface area contributed by atoms with E-state index in [1.165, 1.54) is 0 Å². The average Bonchev–Trinajstić information content (AvgIpc) is 2.49. The molecular weight excluding hydrogens is 268 g/mol. The Morgan fingerprint density at radius 3 is 2.67 bits per heavy atom. The molecule has 1 fully saturated rings. The first kappa shape index (κ1) is 15.4. The zero-order valence-electron chi connectivity index (χ0n) is 12.6. The van der Waals surface area contributed by atoms with Crippen molar-refractivity contribution in [2.45, 2.75) is 26.3 Å². The van der Waals surface area contributed by atoms with E-state index in [4.69, 9.17) is 4.74 Å². The van der Waals surface area contributed by atoms with E-state index in [1.54, 1.807) is 11.9 Å². The molecule has 2 amide bonds. The minimum Gasteiger partial charge on any atom is -0.494 e. The van der Waals surface area contributed by atoms with Gasteiger partial charge in [0.2, 0.25) is 11.8 Å². The van der Waals surface area contributed by atoms with Gasteiger partial charge < -0.3 is 15.0 Å². The molecule has 0 spiro atoms. The molecule has 0 bridgehead atoms. The summed E-state index contributed by atoms with van der Waals surface area (Å²) in [5, 5.41) is 2.75. The third kappa shape index (κ3) is 4.21. The first-order chi connectivity index (χ1) is 10.1. The van der Waals surface area contributed by atoms with Crippen LogP contribution in [0.15, 0.2) is 24.3 Å². The second-order valence-corrected chi connectivity index (χ2v) is 5.31. The fourth-order valence-electron chi connectivity index (χ4n) is 2.46. The van der Waals surface area contributed by atoms with Crippen LogP contribution in [-0.2, 0) is 16.1 Å². The number of carbonyl (C=O) groups excluding carboxylic acids is 2. The van der Waals surface area contributed by atoms with E-state index in [0.717, 1.165) is 11.3 Å². The molecule has 5 nitrogen and oxygen atoms in total. The van der Waals surface area contributed by atoms with Crippen LogP contribution in [0.3, 0.4) is 0 Å². The van der Waals surface area contributed by atoms with Crippen molar-refractivity contribution in [3.63, 3.8) is 0 Å². The molecule has 1 aliphatic rings. The largest absolute Gasteiger partial charge is 0.494 e. The van der Waals surface area contributed by atoms with Crippen LogP contribution in [0.2, 0.25) is 0 Å². The minimum absolute atomic E-state index is 0.0354. The molecule has 1 N–H and O–H groups in total. The van der Waals surface area contributed by atoms with E-state index in [1.807, 2.05) is 31.2 Å². The van der Waals surface area contributed by atoms with Crippen LogP contribution in [0, 0.1) is 5.92 Å². The van der Waals surface area contributed by atoms with E-state index in [-0.39, 0.29) is 17.7 Å². The molecule has 21 heavy (non-hydrogen) atoms. The average molecular weight is 290 g/mol. The van der Waals surface area contributed by atoms with Gasteiger partial charge >= 0.3 is 0 Å². The molecule has 114 valence electrons. The Labute approximate surface area is 125 Å². The zero-order valence-corrected chi connectivity index (χ0v) is 12.6. The second-order valence-electron chi connectivity index (χ2n) is 5.31. The number of benzene rings is 1. The van der Waals surface area contributed by atoms with Crippen LogP contribution >= 0.6 is 0 Å². The fourth-order valence-corrected chi connectivity index (χ4v) is 2.46. The highest BCUT2D eigenvalue weighted by Crippen LogP contribution is 2.17. The van der Waals surface area contributed by atoms with E-state index in [2.05, 4.69) is 5.32 Å². The summed E-state index contributed by atoms with van der Waals surface area (Å²) in [5.41, 5.74) is 1.06. The standard InChI is InChI=1S/C16H22N2O3/c1-3-21-14-7-4-12(5-8-14)11-18(2)16(20)13-6-9-15(19)17-10-13/h4-5,7-8,13H,3,6,9-11H2,1-2H3,(H,17,19). The van der Waals surface area contributed by atoms with Crippen LogP contribution in [0.25, 0.3) is 0 Å². The quantitative estimate of drug-likeness (QED) is 0.895. The van der Waals surface area contributed by atoms with Crippen molar-refractivity contribution in [3.8, 4) is 5.75 Å². The number of amides is 2. The molecule has 2 rings (SSSR count). The van der Waals surface area contributed by atoms with Crippen molar-refractivity contribution in [3.05, 3.63) is 29.8 Å². The molecule has 1 heterocycles. The maximum Gasteiger partial charge on any atom is 0.227 e. The topological polar surface area (TPSA) is 58.6 Å². The van der Waals surface area contributed by atoms with Crippen LogP contribution in [-0.4, -0.2) is 36.9 Å². The summed E-state index contributed by atoms with van der Waals surface area (Å²) in [7, 11) is 1.80. The van der Waals surface area contributed by atoms with Crippen LogP contribution in [0.5, 0.6) is 5.75 Å². The molecule has 0 saturated carbocycles. The van der Waals surface area contributed by atoms with Gasteiger partial charge in [0, 0.05) is 26.6 Å². The number of nitrogens with zero attached hydrogens (tertiary/aromatic N) is 1. The molecule has 1 atom stereocenters. The lowest BCUT2D eigenvalue weighted by atomic mass is 9.97. The Balaban J connectivity index is 1.89. The second kappa shape index (κ2) is 7.11. The van der Waals surface area contributed by atoms with E-state index >= 15 is 0 Å². The lowest BCUT2D eigenvalue weighted by Crippen LogP contribution is -2.43. The molecule has 1 aliphatic heterocycles. The van der Waals surface area contributed by atoms with Crippen LogP contribution < -0.4 is 10.1 Å². The highest BCUT2D eigenvalue weighted by molar-refractivity contribution is 5.83. The number of ether oxygens (including phenoxy) is 1. The maximum absolute atomic E-state index is 12.3. The Hall–Kier alpha value is -2.04. The van der Waals surface area contributed by atoms with Crippen molar-refractivity contribution < 1.29 is 14.3 Å². The van der Waals surface area contributed by atoms with E-state index in [9.17, 15) is 9.59 Å². The fraction of sp³-hybridized carbons (Fsp3) is 0.500. The zero-order chi connectivity index (χ0) is 15.2. The van der Waals surface area contributed by atoms with Gasteiger partial charge in [-0.25, -0.2) is 0 Å². The SMILES string of the molecule is CCOc1ccc(CN(C)C(=O)C2CCC(=O)NC2)cc1. The van der Waals surface area contributed by atoms with Crippen molar-refractivity contribution in [2.75, 3.05) is 20.2 Å². The molecule has 5 heteroatoms. The van der Waals surface area contributed by atoms with Crippen LogP contribution in [0.4, 0.5) is 0 Å². The third-order valence-corrected chi connectivity index (χ3v) is 3.65. The number of hydrogen-bond donors (Lipinski definition) is 1. The van der Waals surface area contributed by atoms with Crippen molar-refractivity contribution in [1.82, 2.24) is 10.2 Å². The Kier molecular flexibility index (Phi) is 5.20. The first-order valence-electron chi connectivity index (χ1n) is 7.33. The summed E-state index contributed by atoms with van der Waals surface area (Å²) in [5.74, 6) is 0.859. The van der Waals surface area contributed by atoms with Gasteiger partial charge in [0.15, 0.2) is 0 Å². The summed E-state index contributed by atoms with van der Waals surface area (Å²) < 4.78 is 5.40. The van der Waals surface area contributed by atoms with Gasteiger partial charge in [-0.2, -0.15) is 0 Å².